The molecule has 3 saturated heterocycles. The number of halogens is 1. The summed E-state index contributed by atoms with van der Waals surface area (Å²) in [4.78, 5) is 48.3. The van der Waals surface area contributed by atoms with Gasteiger partial charge in [0.25, 0.3) is 0 Å². The van der Waals surface area contributed by atoms with Crippen LogP contribution in [0.15, 0.2) is 55.6 Å². The van der Waals surface area contributed by atoms with E-state index in [-0.39, 0.29) is 40.4 Å². The lowest BCUT2D eigenvalue weighted by molar-refractivity contribution is -0.147. The fraction of sp³-hybridized carbons (Fsp3) is 0.581. The number of alkyl halides is 1. The Morgan fingerprint density at radius 3 is 2.48 bits per heavy atom. The Morgan fingerprint density at radius 2 is 1.88 bits per heavy atom. The summed E-state index contributed by atoms with van der Waals surface area (Å²) >= 11 is 5.48. The number of hydrogen-bond donors (Lipinski definition) is 1. The van der Waals surface area contributed by atoms with Crippen molar-refractivity contribution >= 4 is 45.4 Å². The molecule has 218 valence electrons. The molecule has 1 aromatic rings. The second-order valence-electron chi connectivity index (χ2n) is 11.4. The van der Waals surface area contributed by atoms with Crippen LogP contribution in [-0.2, 0) is 20.9 Å². The van der Waals surface area contributed by atoms with Crippen molar-refractivity contribution in [2.75, 3.05) is 19.7 Å². The van der Waals surface area contributed by atoms with E-state index in [0.29, 0.717) is 26.1 Å². The number of fused-ring (bicyclic) bond motifs is 1. The lowest BCUT2D eigenvalue weighted by atomic mass is 9.70. The molecule has 3 aliphatic rings. The molecule has 3 amide bonds. The summed E-state index contributed by atoms with van der Waals surface area (Å²) in [5.74, 6) is -1.62. The minimum Gasteiger partial charge on any atom is -0.394 e. The van der Waals surface area contributed by atoms with Crippen LogP contribution in [0, 0.1) is 11.8 Å². The number of nitrogens with zero attached hydrogens (tertiary/aromatic N) is 3. The zero-order valence-corrected chi connectivity index (χ0v) is 26.1. The van der Waals surface area contributed by atoms with Crippen LogP contribution in [-0.4, -0.2) is 90.2 Å². The number of benzene rings is 1. The minimum atomic E-state index is -0.763. The van der Waals surface area contributed by atoms with E-state index in [9.17, 15) is 19.5 Å². The van der Waals surface area contributed by atoms with Crippen LogP contribution in [0.25, 0.3) is 0 Å². The van der Waals surface area contributed by atoms with Gasteiger partial charge in [-0.15, -0.1) is 24.9 Å². The second-order valence-corrected chi connectivity index (χ2v) is 14.1. The summed E-state index contributed by atoms with van der Waals surface area (Å²) in [7, 11) is 0. The number of likely N-dealkylation sites (tertiary alicyclic amines) is 1. The van der Waals surface area contributed by atoms with Gasteiger partial charge < -0.3 is 19.8 Å². The van der Waals surface area contributed by atoms with Crippen LogP contribution in [0.5, 0.6) is 0 Å². The normalized spacial score (nSPS) is 30.1. The third-order valence-electron chi connectivity index (χ3n) is 8.71. The number of amides is 3. The summed E-state index contributed by atoms with van der Waals surface area (Å²) in [6.07, 6.45) is 5.81. The summed E-state index contributed by atoms with van der Waals surface area (Å²) in [6, 6.07) is 8.47. The Bertz CT molecular complexity index is 1120. The standard InChI is InChI=1S/C31H42BrN3O4S/c1-6-12-20(4)34(16-8-3)30(39)27-31-17-23(32)26(40-31)24(25(31)29(38)35(27)21(5)19-36)28(37)33(15-7-2)18-22-13-10-9-11-14-22/h7-11,13-14,20-21,23-27,36H,2-3,6,12,15-19H2,1,4-5H3/t20?,21-,23?,24-,25+,26-,27?,31?/m1/s1. The molecule has 3 aliphatic heterocycles. The Labute approximate surface area is 251 Å². The predicted molar refractivity (Wildman–Crippen MR) is 164 cm³/mol. The first-order valence-electron chi connectivity index (χ1n) is 14.3. The molecule has 4 rings (SSSR count). The molecule has 1 spiro atoms. The zero-order valence-electron chi connectivity index (χ0n) is 23.7. The monoisotopic (exact) mass is 631 g/mol. The average Bonchev–Trinajstić information content (AvgIpc) is 3.54. The molecule has 4 unspecified atom stereocenters. The van der Waals surface area contributed by atoms with Crippen molar-refractivity contribution in [1.29, 1.82) is 0 Å². The third-order valence-corrected chi connectivity index (χ3v) is 11.9. The summed E-state index contributed by atoms with van der Waals surface area (Å²) in [6.45, 7) is 14.6. The lowest BCUT2D eigenvalue weighted by Gasteiger charge is -2.41. The Balaban J connectivity index is 1.76. The van der Waals surface area contributed by atoms with E-state index in [1.165, 1.54) is 0 Å². The highest BCUT2D eigenvalue weighted by molar-refractivity contribution is 9.09. The highest BCUT2D eigenvalue weighted by atomic mass is 79.9. The SMILES string of the molecule is C=CCN(Cc1ccccc1)C(=O)[C@H]1[C@@H]2SC3(CC2Br)C(C(=O)N(CC=C)C(C)CCC)N([C@H](C)CO)C(=O)[C@H]13. The van der Waals surface area contributed by atoms with Gasteiger partial charge in [-0.2, -0.15) is 0 Å². The van der Waals surface area contributed by atoms with E-state index in [0.717, 1.165) is 18.4 Å². The van der Waals surface area contributed by atoms with E-state index in [2.05, 4.69) is 36.0 Å². The molecule has 2 bridgehead atoms. The van der Waals surface area contributed by atoms with Crippen molar-refractivity contribution in [2.45, 2.75) is 79.5 Å². The quantitative estimate of drug-likeness (QED) is 0.260. The molecule has 0 aliphatic carbocycles. The van der Waals surface area contributed by atoms with Crippen LogP contribution < -0.4 is 0 Å². The van der Waals surface area contributed by atoms with Crippen LogP contribution in [0.3, 0.4) is 0 Å². The van der Waals surface area contributed by atoms with Gasteiger partial charge in [-0.3, -0.25) is 14.4 Å². The highest BCUT2D eigenvalue weighted by Gasteiger charge is 2.76. The summed E-state index contributed by atoms with van der Waals surface area (Å²) in [5.41, 5.74) is 1.00. The van der Waals surface area contributed by atoms with Crippen molar-refractivity contribution in [3.8, 4) is 0 Å². The van der Waals surface area contributed by atoms with Crippen LogP contribution in [0.1, 0.15) is 45.6 Å². The first-order valence-corrected chi connectivity index (χ1v) is 16.1. The molecule has 8 atom stereocenters. The predicted octanol–water partition coefficient (Wildman–Crippen LogP) is 4.25. The van der Waals surface area contributed by atoms with Crippen LogP contribution in [0.4, 0.5) is 0 Å². The number of aliphatic hydroxyl groups is 1. The largest absolute Gasteiger partial charge is 0.394 e. The first kappa shape index (κ1) is 30.8. The molecule has 7 nitrogen and oxygen atoms in total. The Kier molecular flexibility index (Phi) is 9.89. The average molecular weight is 633 g/mol. The topological polar surface area (TPSA) is 81.2 Å². The first-order chi connectivity index (χ1) is 19.2. The van der Waals surface area contributed by atoms with Gasteiger partial charge in [0.2, 0.25) is 17.7 Å². The Hall–Kier alpha value is -2.10. The van der Waals surface area contributed by atoms with E-state index in [4.69, 9.17) is 0 Å². The van der Waals surface area contributed by atoms with Crippen molar-refractivity contribution in [3.63, 3.8) is 0 Å². The fourth-order valence-corrected chi connectivity index (χ4v) is 10.5. The van der Waals surface area contributed by atoms with Gasteiger partial charge in [0.1, 0.15) is 6.04 Å². The number of aliphatic hydroxyl groups excluding tert-OH is 1. The molecule has 1 aromatic carbocycles. The van der Waals surface area contributed by atoms with Crippen molar-refractivity contribution in [1.82, 2.24) is 14.7 Å². The number of hydrogen-bond acceptors (Lipinski definition) is 5. The molecule has 0 saturated carbocycles. The van der Waals surface area contributed by atoms with Crippen molar-refractivity contribution in [3.05, 3.63) is 61.2 Å². The molecular weight excluding hydrogens is 590 g/mol. The zero-order chi connectivity index (χ0) is 29.2. The number of rotatable bonds is 13. The number of carbonyl (C=O) groups is 3. The molecule has 3 fully saturated rings. The molecule has 9 heteroatoms. The van der Waals surface area contributed by atoms with Gasteiger partial charge in [-0.1, -0.05) is 71.8 Å². The van der Waals surface area contributed by atoms with Gasteiger partial charge in [-0.25, -0.2) is 0 Å². The molecular formula is C31H42BrN3O4S. The van der Waals surface area contributed by atoms with Crippen molar-refractivity contribution < 1.29 is 19.5 Å². The van der Waals surface area contributed by atoms with Crippen LogP contribution in [0.2, 0.25) is 0 Å². The van der Waals surface area contributed by atoms with Crippen LogP contribution >= 0.6 is 27.7 Å². The van der Waals surface area contributed by atoms with E-state index in [1.54, 1.807) is 40.6 Å². The second kappa shape index (κ2) is 12.8. The van der Waals surface area contributed by atoms with Gasteiger partial charge in [0.15, 0.2) is 0 Å². The number of carbonyl (C=O) groups excluding carboxylic acids is 3. The summed E-state index contributed by atoms with van der Waals surface area (Å²) < 4.78 is -0.755. The molecule has 0 aromatic heterocycles. The molecule has 0 radical (unpaired) electrons. The third kappa shape index (κ3) is 5.29. The molecule has 3 heterocycles. The fourth-order valence-electron chi connectivity index (χ4n) is 6.95. The van der Waals surface area contributed by atoms with E-state index < -0.39 is 28.7 Å². The number of thioether (sulfide) groups is 1. The Morgan fingerprint density at radius 1 is 1.20 bits per heavy atom. The maximum Gasteiger partial charge on any atom is 0.247 e. The highest BCUT2D eigenvalue weighted by Crippen LogP contribution is 2.68. The maximum absolute atomic E-state index is 14.5. The van der Waals surface area contributed by atoms with Gasteiger partial charge in [0.05, 0.1) is 29.2 Å². The van der Waals surface area contributed by atoms with Gasteiger partial charge in [0, 0.05) is 35.8 Å². The molecule has 40 heavy (non-hydrogen) atoms. The van der Waals surface area contributed by atoms with Gasteiger partial charge in [-0.05, 0) is 32.3 Å². The summed E-state index contributed by atoms with van der Waals surface area (Å²) in [5, 5.41) is 10.1. The maximum atomic E-state index is 14.5. The van der Waals surface area contributed by atoms with Crippen molar-refractivity contribution in [2.24, 2.45) is 11.8 Å². The lowest BCUT2D eigenvalue weighted by Crippen LogP contribution is -2.58. The van der Waals surface area contributed by atoms with Gasteiger partial charge >= 0.3 is 0 Å². The smallest absolute Gasteiger partial charge is 0.247 e. The van der Waals surface area contributed by atoms with E-state index in [1.807, 2.05) is 42.2 Å². The molecule has 1 N–H and O–H groups in total. The minimum absolute atomic E-state index is 0.0154. The van der Waals surface area contributed by atoms with E-state index >= 15 is 0 Å².